The van der Waals surface area contributed by atoms with Crippen molar-refractivity contribution < 1.29 is 10.2 Å². The maximum atomic E-state index is 9.99. The summed E-state index contributed by atoms with van der Waals surface area (Å²) in [7, 11) is 0. The fourth-order valence-electron chi connectivity index (χ4n) is 1.80. The van der Waals surface area contributed by atoms with Gasteiger partial charge in [-0.3, -0.25) is 4.98 Å². The smallest absolute Gasteiger partial charge is 0.107 e. The van der Waals surface area contributed by atoms with Gasteiger partial charge in [0.05, 0.1) is 24.1 Å². The number of nitriles is 1. The Morgan fingerprint density at radius 1 is 1.24 bits per heavy atom. The zero-order valence-corrected chi connectivity index (χ0v) is 9.11. The molecule has 4 heteroatoms. The molecule has 2 N–H and O–H groups in total. The summed E-state index contributed by atoms with van der Waals surface area (Å²) in [4.78, 5) is 4.17. The molecule has 2 unspecified atom stereocenters. The predicted molar refractivity (Wildman–Crippen MR) is 62.9 cm³/mol. The molecule has 1 heterocycles. The topological polar surface area (TPSA) is 77.1 Å². The average Bonchev–Trinajstić information content (AvgIpc) is 2.37. The van der Waals surface area contributed by atoms with Crippen molar-refractivity contribution in [3.8, 4) is 6.07 Å². The Hall–Kier alpha value is -1.96. The standard InChI is InChI=1S/C13H12N2O2/c14-7-6-12(16)13(17)10-3-1-5-11-9(10)4-2-8-15-11/h1-5,8,12-13,16-17H,6H2. The Bertz CT molecular complexity index is 557. The van der Waals surface area contributed by atoms with Crippen LogP contribution < -0.4 is 0 Å². The first-order valence-electron chi connectivity index (χ1n) is 5.30. The molecule has 17 heavy (non-hydrogen) atoms. The second-order valence-electron chi connectivity index (χ2n) is 3.79. The van der Waals surface area contributed by atoms with Crippen molar-refractivity contribution in [3.63, 3.8) is 0 Å². The molecule has 0 saturated heterocycles. The SMILES string of the molecule is N#CCC(O)C(O)c1cccc2ncccc12. The zero-order valence-electron chi connectivity index (χ0n) is 9.11. The third kappa shape index (κ3) is 2.26. The molecule has 86 valence electrons. The first kappa shape index (κ1) is 11.5. The average molecular weight is 228 g/mol. The van der Waals surface area contributed by atoms with E-state index in [2.05, 4.69) is 4.98 Å². The number of rotatable bonds is 3. The van der Waals surface area contributed by atoms with Crippen LogP contribution in [0.2, 0.25) is 0 Å². The lowest BCUT2D eigenvalue weighted by Crippen LogP contribution is -2.17. The van der Waals surface area contributed by atoms with Crippen LogP contribution in [0, 0.1) is 11.3 Å². The molecule has 0 amide bonds. The van der Waals surface area contributed by atoms with E-state index in [0.29, 0.717) is 5.56 Å². The molecule has 0 saturated carbocycles. The number of aliphatic hydroxyl groups excluding tert-OH is 2. The van der Waals surface area contributed by atoms with Crippen LogP contribution >= 0.6 is 0 Å². The van der Waals surface area contributed by atoms with Crippen LogP contribution in [0.4, 0.5) is 0 Å². The normalized spacial score (nSPS) is 14.2. The molecule has 0 aliphatic rings. The fraction of sp³-hybridized carbons (Fsp3) is 0.231. The van der Waals surface area contributed by atoms with Gasteiger partial charge < -0.3 is 10.2 Å². The Kier molecular flexibility index (Phi) is 3.33. The number of aliphatic hydroxyl groups is 2. The fourth-order valence-corrected chi connectivity index (χ4v) is 1.80. The number of benzene rings is 1. The molecule has 0 spiro atoms. The highest BCUT2D eigenvalue weighted by molar-refractivity contribution is 5.82. The highest BCUT2D eigenvalue weighted by Gasteiger charge is 2.19. The molecule has 0 aliphatic carbocycles. The quantitative estimate of drug-likeness (QED) is 0.835. The molecule has 2 atom stereocenters. The third-order valence-corrected chi connectivity index (χ3v) is 2.66. The largest absolute Gasteiger partial charge is 0.389 e. The Labute approximate surface area is 98.8 Å². The van der Waals surface area contributed by atoms with Crippen molar-refractivity contribution in [2.45, 2.75) is 18.6 Å². The Morgan fingerprint density at radius 2 is 2.06 bits per heavy atom. The minimum Gasteiger partial charge on any atom is -0.389 e. The van der Waals surface area contributed by atoms with Crippen LogP contribution in [0.15, 0.2) is 36.5 Å². The molecule has 0 radical (unpaired) electrons. The number of hydrogen-bond acceptors (Lipinski definition) is 4. The van der Waals surface area contributed by atoms with Gasteiger partial charge in [-0.05, 0) is 17.7 Å². The van der Waals surface area contributed by atoms with Gasteiger partial charge in [0.2, 0.25) is 0 Å². The van der Waals surface area contributed by atoms with Gasteiger partial charge in [-0.25, -0.2) is 0 Å². The summed E-state index contributed by atoms with van der Waals surface area (Å²) in [6.07, 6.45) is -0.574. The molecule has 2 aromatic rings. The molecular formula is C13H12N2O2. The predicted octanol–water partition coefficient (Wildman–Crippen LogP) is 1.54. The van der Waals surface area contributed by atoms with Crippen molar-refractivity contribution in [1.82, 2.24) is 4.98 Å². The van der Waals surface area contributed by atoms with Gasteiger partial charge in [0.25, 0.3) is 0 Å². The summed E-state index contributed by atoms with van der Waals surface area (Å²) in [6.45, 7) is 0. The highest BCUT2D eigenvalue weighted by atomic mass is 16.3. The summed E-state index contributed by atoms with van der Waals surface area (Å²) < 4.78 is 0. The lowest BCUT2D eigenvalue weighted by Gasteiger charge is -2.17. The monoisotopic (exact) mass is 228 g/mol. The van der Waals surface area contributed by atoms with Gasteiger partial charge >= 0.3 is 0 Å². The summed E-state index contributed by atoms with van der Waals surface area (Å²) >= 11 is 0. The highest BCUT2D eigenvalue weighted by Crippen LogP contribution is 2.26. The van der Waals surface area contributed by atoms with Gasteiger partial charge in [0.15, 0.2) is 0 Å². The maximum absolute atomic E-state index is 9.99. The number of pyridine rings is 1. The van der Waals surface area contributed by atoms with E-state index in [0.717, 1.165) is 10.9 Å². The summed E-state index contributed by atoms with van der Waals surface area (Å²) in [6, 6.07) is 10.8. The van der Waals surface area contributed by atoms with E-state index in [1.807, 2.05) is 18.2 Å². The minimum absolute atomic E-state index is 0.0994. The van der Waals surface area contributed by atoms with Crippen molar-refractivity contribution in [1.29, 1.82) is 5.26 Å². The molecular weight excluding hydrogens is 216 g/mol. The minimum atomic E-state index is -1.08. The first-order chi connectivity index (χ1) is 8.24. The van der Waals surface area contributed by atoms with Gasteiger partial charge in [0.1, 0.15) is 6.10 Å². The maximum Gasteiger partial charge on any atom is 0.107 e. The van der Waals surface area contributed by atoms with Crippen LogP contribution in [0.25, 0.3) is 10.9 Å². The number of hydrogen-bond donors (Lipinski definition) is 2. The molecule has 2 rings (SSSR count). The molecule has 1 aromatic carbocycles. The lowest BCUT2D eigenvalue weighted by atomic mass is 9.98. The van der Waals surface area contributed by atoms with E-state index in [9.17, 15) is 10.2 Å². The van der Waals surface area contributed by atoms with Gasteiger partial charge in [0, 0.05) is 11.6 Å². The number of fused-ring (bicyclic) bond motifs is 1. The Balaban J connectivity index is 2.45. The van der Waals surface area contributed by atoms with Gasteiger partial charge in [-0.1, -0.05) is 18.2 Å². The molecule has 1 aromatic heterocycles. The van der Waals surface area contributed by atoms with Crippen LogP contribution in [0.1, 0.15) is 18.1 Å². The molecule has 0 bridgehead atoms. The first-order valence-corrected chi connectivity index (χ1v) is 5.30. The van der Waals surface area contributed by atoms with Crippen molar-refractivity contribution in [3.05, 3.63) is 42.1 Å². The third-order valence-electron chi connectivity index (χ3n) is 2.66. The molecule has 0 fully saturated rings. The van der Waals surface area contributed by atoms with Gasteiger partial charge in [-0.15, -0.1) is 0 Å². The number of nitrogens with zero attached hydrogens (tertiary/aromatic N) is 2. The zero-order chi connectivity index (χ0) is 12.3. The molecule has 4 nitrogen and oxygen atoms in total. The van der Waals surface area contributed by atoms with Crippen molar-refractivity contribution >= 4 is 10.9 Å². The van der Waals surface area contributed by atoms with Crippen molar-refractivity contribution in [2.75, 3.05) is 0 Å². The van der Waals surface area contributed by atoms with E-state index < -0.39 is 12.2 Å². The van der Waals surface area contributed by atoms with E-state index in [-0.39, 0.29) is 6.42 Å². The van der Waals surface area contributed by atoms with Crippen LogP contribution in [0.5, 0.6) is 0 Å². The van der Waals surface area contributed by atoms with Gasteiger partial charge in [-0.2, -0.15) is 5.26 Å². The molecule has 0 aliphatic heterocycles. The van der Waals surface area contributed by atoms with E-state index in [4.69, 9.17) is 5.26 Å². The second kappa shape index (κ2) is 4.91. The summed E-state index contributed by atoms with van der Waals surface area (Å²) in [5.74, 6) is 0. The van der Waals surface area contributed by atoms with Crippen LogP contribution in [-0.2, 0) is 0 Å². The van der Waals surface area contributed by atoms with Crippen molar-refractivity contribution in [2.24, 2.45) is 0 Å². The lowest BCUT2D eigenvalue weighted by molar-refractivity contribution is 0.0225. The Morgan fingerprint density at radius 3 is 2.82 bits per heavy atom. The summed E-state index contributed by atoms with van der Waals surface area (Å²) in [5, 5.41) is 28.9. The second-order valence-corrected chi connectivity index (χ2v) is 3.79. The van der Waals surface area contributed by atoms with Crippen LogP contribution in [0.3, 0.4) is 0 Å². The van der Waals surface area contributed by atoms with Crippen LogP contribution in [-0.4, -0.2) is 21.3 Å². The van der Waals surface area contributed by atoms with E-state index in [1.165, 1.54) is 0 Å². The number of aromatic nitrogens is 1. The summed E-state index contributed by atoms with van der Waals surface area (Å²) in [5.41, 5.74) is 1.35. The van der Waals surface area contributed by atoms with E-state index in [1.54, 1.807) is 24.4 Å². The van der Waals surface area contributed by atoms with E-state index >= 15 is 0 Å².